The second-order valence-corrected chi connectivity index (χ2v) is 10.7. The summed E-state index contributed by atoms with van der Waals surface area (Å²) in [6.45, 7) is 0.828. The van der Waals surface area contributed by atoms with E-state index in [-0.39, 0.29) is 43.9 Å². The number of ether oxygens (including phenoxy) is 2. The SMILES string of the molecule is C[C@H](NC(=O)OCc1ccccc1)C(=O)N[C@@H](Cc1ccccc1)C(=O)NCC(=O)Oc1c(Cl)c(Cl)c(Cl)c(Cl)c1Cl. The van der Waals surface area contributed by atoms with Crippen molar-refractivity contribution in [3.8, 4) is 5.75 Å². The summed E-state index contributed by atoms with van der Waals surface area (Å²) in [5.74, 6) is -2.64. The van der Waals surface area contributed by atoms with Crippen LogP contribution in [0, 0.1) is 0 Å². The molecule has 0 unspecified atom stereocenters. The molecule has 3 aromatic rings. The summed E-state index contributed by atoms with van der Waals surface area (Å²) in [7, 11) is 0. The zero-order valence-corrected chi connectivity index (χ0v) is 25.7. The molecule has 42 heavy (non-hydrogen) atoms. The summed E-state index contributed by atoms with van der Waals surface area (Å²) in [5.41, 5.74) is 1.50. The lowest BCUT2D eigenvalue weighted by molar-refractivity contribution is -0.136. The van der Waals surface area contributed by atoms with E-state index in [1.807, 2.05) is 6.07 Å². The first kappa shape index (κ1) is 33.3. The van der Waals surface area contributed by atoms with Crippen LogP contribution in [0.25, 0.3) is 0 Å². The minimum Gasteiger partial charge on any atom is -0.445 e. The Bertz CT molecular complexity index is 1410. The number of nitrogens with one attached hydrogen (secondary N) is 3. The molecule has 0 heterocycles. The van der Waals surface area contributed by atoms with Gasteiger partial charge in [0.15, 0.2) is 5.75 Å². The zero-order chi connectivity index (χ0) is 30.8. The highest BCUT2D eigenvalue weighted by molar-refractivity contribution is 6.55. The van der Waals surface area contributed by atoms with E-state index >= 15 is 0 Å². The molecule has 0 fully saturated rings. The first-order chi connectivity index (χ1) is 20.0. The molecule has 3 aromatic carbocycles. The van der Waals surface area contributed by atoms with Gasteiger partial charge in [0.2, 0.25) is 11.8 Å². The highest BCUT2D eigenvalue weighted by atomic mass is 35.5. The fourth-order valence-electron chi connectivity index (χ4n) is 3.47. The van der Waals surface area contributed by atoms with Crippen LogP contribution in [0.1, 0.15) is 18.1 Å². The molecule has 0 spiro atoms. The second kappa shape index (κ2) is 15.9. The van der Waals surface area contributed by atoms with Crippen molar-refractivity contribution in [2.45, 2.75) is 32.0 Å². The highest BCUT2D eigenvalue weighted by Crippen LogP contribution is 2.48. The van der Waals surface area contributed by atoms with Gasteiger partial charge in [0.25, 0.3) is 0 Å². The summed E-state index contributed by atoms with van der Waals surface area (Å²) in [4.78, 5) is 50.7. The molecule has 3 amide bonds. The molecule has 3 rings (SSSR count). The number of alkyl carbamates (subject to hydrolysis) is 1. The molecular weight excluding hydrogens is 652 g/mol. The Balaban J connectivity index is 1.62. The van der Waals surface area contributed by atoms with Gasteiger partial charge in [0.05, 0.1) is 15.1 Å². The van der Waals surface area contributed by atoms with Crippen LogP contribution < -0.4 is 20.7 Å². The van der Waals surface area contributed by atoms with Crippen molar-refractivity contribution in [2.75, 3.05) is 6.54 Å². The van der Waals surface area contributed by atoms with Crippen molar-refractivity contribution in [3.63, 3.8) is 0 Å². The van der Waals surface area contributed by atoms with Crippen LogP contribution in [0.5, 0.6) is 5.75 Å². The fourth-order valence-corrected chi connectivity index (χ4v) is 4.67. The Morgan fingerprint density at radius 2 is 1.24 bits per heavy atom. The number of carbonyl (C=O) groups is 4. The van der Waals surface area contributed by atoms with Crippen molar-refractivity contribution >= 4 is 81.9 Å². The molecule has 0 bridgehead atoms. The molecule has 222 valence electrons. The molecule has 0 saturated heterocycles. The summed E-state index contributed by atoms with van der Waals surface area (Å²) in [6.07, 6.45) is -0.730. The van der Waals surface area contributed by atoms with Gasteiger partial charge >= 0.3 is 12.1 Å². The summed E-state index contributed by atoms with van der Waals surface area (Å²) in [6, 6.07) is 15.7. The van der Waals surface area contributed by atoms with Gasteiger partial charge in [-0.25, -0.2) is 9.59 Å². The maximum Gasteiger partial charge on any atom is 0.408 e. The lowest BCUT2D eigenvalue weighted by Crippen LogP contribution is -2.54. The largest absolute Gasteiger partial charge is 0.445 e. The van der Waals surface area contributed by atoms with Crippen molar-refractivity contribution in [3.05, 3.63) is 96.9 Å². The van der Waals surface area contributed by atoms with Crippen LogP contribution in [0.3, 0.4) is 0 Å². The molecule has 0 aromatic heterocycles. The maximum atomic E-state index is 13.1. The molecule has 0 radical (unpaired) electrons. The minimum absolute atomic E-state index is 0.0149. The van der Waals surface area contributed by atoms with Crippen LogP contribution in [0.2, 0.25) is 25.1 Å². The number of halogens is 5. The van der Waals surface area contributed by atoms with Gasteiger partial charge in [-0.1, -0.05) is 119 Å². The third-order valence-electron chi connectivity index (χ3n) is 5.65. The van der Waals surface area contributed by atoms with Gasteiger partial charge in [0.1, 0.15) is 35.3 Å². The Morgan fingerprint density at radius 3 is 1.81 bits per heavy atom. The molecule has 3 N–H and O–H groups in total. The molecule has 0 aliphatic heterocycles. The molecule has 0 aliphatic carbocycles. The quantitative estimate of drug-likeness (QED) is 0.0990. The first-order valence-corrected chi connectivity index (χ1v) is 14.2. The lowest BCUT2D eigenvalue weighted by Gasteiger charge is -2.21. The van der Waals surface area contributed by atoms with E-state index < -0.39 is 42.5 Å². The van der Waals surface area contributed by atoms with Crippen LogP contribution in [0.4, 0.5) is 4.79 Å². The Kier molecular flexibility index (Phi) is 12.6. The van der Waals surface area contributed by atoms with Gasteiger partial charge in [-0.3, -0.25) is 9.59 Å². The molecular formula is C28H24Cl5N3O6. The van der Waals surface area contributed by atoms with Crippen LogP contribution in [-0.2, 0) is 32.1 Å². The molecule has 0 saturated carbocycles. The average molecular weight is 676 g/mol. The third-order valence-corrected chi connectivity index (χ3v) is 7.89. The smallest absolute Gasteiger partial charge is 0.408 e. The van der Waals surface area contributed by atoms with E-state index in [4.69, 9.17) is 67.5 Å². The molecule has 14 heteroatoms. The molecule has 9 nitrogen and oxygen atoms in total. The predicted octanol–water partition coefficient (Wildman–Crippen LogP) is 6.02. The highest BCUT2D eigenvalue weighted by Gasteiger charge is 2.27. The third kappa shape index (κ3) is 9.40. The van der Waals surface area contributed by atoms with Gasteiger partial charge in [-0.15, -0.1) is 0 Å². The number of hydrogen-bond donors (Lipinski definition) is 3. The van der Waals surface area contributed by atoms with Crippen molar-refractivity contribution in [2.24, 2.45) is 0 Å². The normalized spacial score (nSPS) is 12.0. The van der Waals surface area contributed by atoms with Gasteiger partial charge in [-0.2, -0.15) is 0 Å². The number of benzene rings is 3. The monoisotopic (exact) mass is 673 g/mol. The van der Waals surface area contributed by atoms with E-state index in [0.29, 0.717) is 0 Å². The zero-order valence-electron chi connectivity index (χ0n) is 21.9. The van der Waals surface area contributed by atoms with Crippen LogP contribution in [0.15, 0.2) is 60.7 Å². The standard InChI is InChI=1S/C28H24Cl5N3O6/c1-15(35-28(40)41-14-17-10-6-3-7-11-17)26(38)36-18(12-16-8-4-2-5-9-16)27(39)34-13-19(37)42-25-23(32)21(30)20(29)22(31)24(25)33/h2-11,15,18H,12-14H2,1H3,(H,34,39)(H,35,40)(H,36,38)/t15-,18-/m0/s1. The van der Waals surface area contributed by atoms with E-state index in [0.717, 1.165) is 11.1 Å². The number of rotatable bonds is 11. The molecule has 2 atom stereocenters. The van der Waals surface area contributed by atoms with Crippen molar-refractivity contribution < 1.29 is 28.7 Å². The van der Waals surface area contributed by atoms with Crippen LogP contribution >= 0.6 is 58.0 Å². The lowest BCUT2D eigenvalue weighted by atomic mass is 10.0. The summed E-state index contributed by atoms with van der Waals surface area (Å²) < 4.78 is 10.3. The predicted molar refractivity (Wildman–Crippen MR) is 161 cm³/mol. The number of amides is 3. The van der Waals surface area contributed by atoms with Gasteiger partial charge in [0, 0.05) is 6.42 Å². The van der Waals surface area contributed by atoms with Crippen molar-refractivity contribution in [1.29, 1.82) is 0 Å². The topological polar surface area (TPSA) is 123 Å². The van der Waals surface area contributed by atoms with Crippen molar-refractivity contribution in [1.82, 2.24) is 16.0 Å². The van der Waals surface area contributed by atoms with E-state index in [1.54, 1.807) is 54.6 Å². The minimum atomic E-state index is -1.12. The first-order valence-electron chi connectivity index (χ1n) is 12.3. The number of hydrogen-bond acceptors (Lipinski definition) is 6. The summed E-state index contributed by atoms with van der Waals surface area (Å²) in [5, 5.41) is 6.48. The molecule has 0 aliphatic rings. The van der Waals surface area contributed by atoms with E-state index in [1.165, 1.54) is 6.92 Å². The number of esters is 1. The van der Waals surface area contributed by atoms with Crippen LogP contribution in [-0.4, -0.2) is 42.5 Å². The Hall–Kier alpha value is -3.21. The fraction of sp³-hybridized carbons (Fsp3) is 0.214. The maximum absolute atomic E-state index is 13.1. The second-order valence-electron chi connectivity index (χ2n) is 8.77. The average Bonchev–Trinajstić information content (AvgIpc) is 2.99. The van der Waals surface area contributed by atoms with Gasteiger partial charge in [-0.05, 0) is 18.1 Å². The summed E-state index contributed by atoms with van der Waals surface area (Å²) >= 11 is 30.1. The van der Waals surface area contributed by atoms with Gasteiger partial charge < -0.3 is 25.4 Å². The Labute approximate surface area is 266 Å². The van der Waals surface area contributed by atoms with E-state index in [2.05, 4.69) is 16.0 Å². The Morgan fingerprint density at radius 1 is 0.714 bits per heavy atom. The van der Waals surface area contributed by atoms with E-state index in [9.17, 15) is 19.2 Å². The number of carbonyl (C=O) groups excluding carboxylic acids is 4.